The van der Waals surface area contributed by atoms with E-state index >= 15 is 0 Å². The van der Waals surface area contributed by atoms with Crippen molar-refractivity contribution < 1.29 is 18.7 Å². The monoisotopic (exact) mass is 408 g/mol. The maximum Gasteiger partial charge on any atom is 0.341 e. The molecular formula is C19H21FN2O3S2. The number of hydrogen-bond acceptors (Lipinski definition) is 5. The minimum Gasteiger partial charge on any atom is -0.456 e. The average molecular weight is 409 g/mol. The van der Waals surface area contributed by atoms with Gasteiger partial charge in [-0.15, -0.1) is 11.3 Å². The molecule has 0 atom stereocenters. The molecule has 1 aliphatic rings. The highest BCUT2D eigenvalue weighted by Crippen LogP contribution is 2.37. The second-order valence-corrected chi connectivity index (χ2v) is 8.61. The number of thiophene rings is 1. The predicted molar refractivity (Wildman–Crippen MR) is 109 cm³/mol. The molecule has 2 aromatic rings. The SMILES string of the molecule is CC(C)(C)OC(=O)c1c(NC(=S)Nc2ccc(F)cc2)sc2c1CCOC2. The Kier molecular flexibility index (Phi) is 5.78. The maximum atomic E-state index is 13.0. The lowest BCUT2D eigenvalue weighted by atomic mass is 10.1. The van der Waals surface area contributed by atoms with Crippen LogP contribution in [0, 0.1) is 5.82 Å². The Morgan fingerprint density at radius 1 is 1.26 bits per heavy atom. The number of ether oxygens (including phenoxy) is 2. The van der Waals surface area contributed by atoms with Crippen LogP contribution in [-0.2, 0) is 22.5 Å². The molecule has 2 heterocycles. The van der Waals surface area contributed by atoms with Gasteiger partial charge < -0.3 is 20.1 Å². The van der Waals surface area contributed by atoms with Crippen molar-refractivity contribution in [2.75, 3.05) is 17.2 Å². The smallest absolute Gasteiger partial charge is 0.341 e. The normalized spacial score (nSPS) is 13.6. The first-order valence-electron chi connectivity index (χ1n) is 8.52. The van der Waals surface area contributed by atoms with E-state index in [-0.39, 0.29) is 11.8 Å². The van der Waals surface area contributed by atoms with Crippen LogP contribution in [0.4, 0.5) is 15.1 Å². The van der Waals surface area contributed by atoms with Gasteiger partial charge in [0.15, 0.2) is 5.11 Å². The topological polar surface area (TPSA) is 59.6 Å². The van der Waals surface area contributed by atoms with Crippen molar-refractivity contribution in [2.24, 2.45) is 0 Å². The third kappa shape index (κ3) is 5.03. The van der Waals surface area contributed by atoms with Crippen molar-refractivity contribution in [2.45, 2.75) is 39.4 Å². The lowest BCUT2D eigenvalue weighted by Crippen LogP contribution is -2.26. The van der Waals surface area contributed by atoms with Crippen LogP contribution in [0.3, 0.4) is 0 Å². The summed E-state index contributed by atoms with van der Waals surface area (Å²) in [5.74, 6) is -0.702. The third-order valence-electron chi connectivity index (χ3n) is 3.75. The van der Waals surface area contributed by atoms with Crippen LogP contribution >= 0.6 is 23.6 Å². The van der Waals surface area contributed by atoms with E-state index < -0.39 is 5.60 Å². The zero-order chi connectivity index (χ0) is 19.6. The summed E-state index contributed by atoms with van der Waals surface area (Å²) in [6, 6.07) is 5.87. The van der Waals surface area contributed by atoms with Gasteiger partial charge >= 0.3 is 5.97 Å². The molecule has 1 aliphatic heterocycles. The minimum absolute atomic E-state index is 0.311. The summed E-state index contributed by atoms with van der Waals surface area (Å²) in [6.45, 7) is 6.54. The molecule has 0 radical (unpaired) electrons. The molecule has 27 heavy (non-hydrogen) atoms. The molecule has 0 unspecified atom stereocenters. The molecule has 8 heteroatoms. The van der Waals surface area contributed by atoms with Gasteiger partial charge in [-0.25, -0.2) is 9.18 Å². The van der Waals surface area contributed by atoms with Gasteiger partial charge in [-0.05, 0) is 69.2 Å². The highest BCUT2D eigenvalue weighted by molar-refractivity contribution is 7.80. The number of hydrogen-bond donors (Lipinski definition) is 2. The first-order valence-corrected chi connectivity index (χ1v) is 9.74. The largest absolute Gasteiger partial charge is 0.456 e. The summed E-state index contributed by atoms with van der Waals surface area (Å²) in [7, 11) is 0. The minimum atomic E-state index is -0.596. The molecule has 3 rings (SSSR count). The molecule has 144 valence electrons. The number of nitrogens with one attached hydrogen (secondary N) is 2. The van der Waals surface area contributed by atoms with Gasteiger partial charge in [0.2, 0.25) is 0 Å². The Morgan fingerprint density at radius 2 is 1.96 bits per heavy atom. The van der Waals surface area contributed by atoms with Gasteiger partial charge in [0.05, 0.1) is 18.8 Å². The molecule has 1 aromatic carbocycles. The molecule has 0 amide bonds. The van der Waals surface area contributed by atoms with Crippen LogP contribution in [0.2, 0.25) is 0 Å². The fourth-order valence-corrected chi connectivity index (χ4v) is 4.13. The Morgan fingerprint density at radius 3 is 2.63 bits per heavy atom. The third-order valence-corrected chi connectivity index (χ3v) is 5.08. The number of carbonyl (C=O) groups excluding carboxylic acids is 1. The van der Waals surface area contributed by atoms with Gasteiger partial charge in [0, 0.05) is 10.6 Å². The second kappa shape index (κ2) is 7.92. The second-order valence-electron chi connectivity index (χ2n) is 7.10. The van der Waals surface area contributed by atoms with Gasteiger partial charge in [-0.2, -0.15) is 0 Å². The Balaban J connectivity index is 1.83. The number of halogens is 1. The van der Waals surface area contributed by atoms with Crippen molar-refractivity contribution in [1.82, 2.24) is 0 Å². The molecule has 0 fully saturated rings. The summed E-state index contributed by atoms with van der Waals surface area (Å²) in [5.41, 5.74) is 1.52. The van der Waals surface area contributed by atoms with E-state index in [1.54, 1.807) is 12.1 Å². The Labute approximate surface area is 166 Å². The lowest BCUT2D eigenvalue weighted by Gasteiger charge is -2.21. The van der Waals surface area contributed by atoms with Gasteiger partial charge in [-0.3, -0.25) is 0 Å². The highest BCUT2D eigenvalue weighted by atomic mass is 32.1. The molecule has 2 N–H and O–H groups in total. The number of esters is 1. The van der Waals surface area contributed by atoms with Gasteiger partial charge in [-0.1, -0.05) is 0 Å². The quantitative estimate of drug-likeness (QED) is 0.566. The van der Waals surface area contributed by atoms with Crippen molar-refractivity contribution in [3.8, 4) is 0 Å². The fraction of sp³-hybridized carbons (Fsp3) is 0.368. The standard InChI is InChI=1S/C19H21FN2O3S2/c1-19(2,3)25-17(23)15-13-8-9-24-10-14(13)27-16(15)22-18(26)21-12-6-4-11(20)5-7-12/h4-7H,8-10H2,1-3H3,(H2,21,22,26). The van der Waals surface area contributed by atoms with Crippen LogP contribution in [0.5, 0.6) is 0 Å². The number of thiocarbonyl (C=S) groups is 1. The molecule has 0 spiro atoms. The first kappa shape index (κ1) is 19.7. The Hall–Kier alpha value is -2.03. The van der Waals surface area contributed by atoms with Crippen LogP contribution in [0.25, 0.3) is 0 Å². The van der Waals surface area contributed by atoms with E-state index in [9.17, 15) is 9.18 Å². The van der Waals surface area contributed by atoms with E-state index in [0.29, 0.717) is 41.0 Å². The molecule has 0 saturated carbocycles. The van der Waals surface area contributed by atoms with E-state index in [1.807, 2.05) is 20.8 Å². The van der Waals surface area contributed by atoms with Gasteiger partial charge in [0.25, 0.3) is 0 Å². The first-order chi connectivity index (χ1) is 12.7. The van der Waals surface area contributed by atoms with Crippen LogP contribution in [0.15, 0.2) is 24.3 Å². The summed E-state index contributed by atoms with van der Waals surface area (Å²) in [6.07, 6.45) is 0.653. The lowest BCUT2D eigenvalue weighted by molar-refractivity contribution is 0.00686. The summed E-state index contributed by atoms with van der Waals surface area (Å²) in [5, 5.41) is 7.01. The van der Waals surface area contributed by atoms with E-state index in [1.165, 1.54) is 23.5 Å². The van der Waals surface area contributed by atoms with E-state index in [4.69, 9.17) is 21.7 Å². The van der Waals surface area contributed by atoms with Gasteiger partial charge in [0.1, 0.15) is 16.4 Å². The van der Waals surface area contributed by atoms with Crippen molar-refractivity contribution in [1.29, 1.82) is 0 Å². The van der Waals surface area contributed by atoms with Crippen molar-refractivity contribution >= 4 is 45.3 Å². The number of carbonyl (C=O) groups is 1. The number of fused-ring (bicyclic) bond motifs is 1. The number of anilines is 2. The van der Waals surface area contributed by atoms with Crippen LogP contribution < -0.4 is 10.6 Å². The van der Waals surface area contributed by atoms with Crippen molar-refractivity contribution in [3.05, 3.63) is 46.1 Å². The van der Waals surface area contributed by atoms with E-state index in [2.05, 4.69) is 10.6 Å². The summed E-state index contributed by atoms with van der Waals surface area (Å²) in [4.78, 5) is 13.8. The molecule has 0 aliphatic carbocycles. The summed E-state index contributed by atoms with van der Waals surface area (Å²) < 4.78 is 24.1. The Bertz CT molecular complexity index is 857. The molecule has 1 aromatic heterocycles. The summed E-state index contributed by atoms with van der Waals surface area (Å²) >= 11 is 6.79. The average Bonchev–Trinajstić information content (AvgIpc) is 2.93. The van der Waals surface area contributed by atoms with Crippen molar-refractivity contribution in [3.63, 3.8) is 0 Å². The molecule has 5 nitrogen and oxygen atoms in total. The predicted octanol–water partition coefficient (Wildman–Crippen LogP) is 4.72. The molecule has 0 bridgehead atoms. The number of benzene rings is 1. The van der Waals surface area contributed by atoms with E-state index in [0.717, 1.165) is 10.4 Å². The zero-order valence-corrected chi connectivity index (χ0v) is 17.0. The van der Waals surface area contributed by atoms with Crippen LogP contribution in [-0.4, -0.2) is 23.3 Å². The van der Waals surface area contributed by atoms with Crippen LogP contribution in [0.1, 0.15) is 41.6 Å². The molecule has 0 saturated heterocycles. The fourth-order valence-electron chi connectivity index (χ4n) is 2.66. The molecular weight excluding hydrogens is 387 g/mol. The maximum absolute atomic E-state index is 13.0. The highest BCUT2D eigenvalue weighted by Gasteiger charge is 2.29. The zero-order valence-electron chi connectivity index (χ0n) is 15.3. The number of rotatable bonds is 3.